The zero-order valence-electron chi connectivity index (χ0n) is 10.2. The Kier molecular flexibility index (Phi) is 6.16. The maximum atomic E-state index is 11.8. The highest BCUT2D eigenvalue weighted by Crippen LogP contribution is 2.19. The van der Waals surface area contributed by atoms with Crippen LogP contribution in [0.25, 0.3) is 0 Å². The van der Waals surface area contributed by atoms with E-state index in [1.807, 2.05) is 19.2 Å². The minimum atomic E-state index is -0.0786. The predicted molar refractivity (Wildman–Crippen MR) is 76.1 cm³/mol. The Bertz CT molecular complexity index is 365. The molecule has 1 aromatic heterocycles. The second kappa shape index (κ2) is 7.13. The first kappa shape index (κ1) is 14.7. The number of carbonyl (C=O) groups excluding carboxylic acids is 1. The molecule has 1 amide bonds. The van der Waals surface area contributed by atoms with Crippen molar-refractivity contribution in [3.8, 4) is 0 Å². The molecule has 5 heteroatoms. The fraction of sp³-hybridized carbons (Fsp3) is 0.583. The molecule has 0 aliphatic rings. The molecule has 0 saturated carbocycles. The molecule has 0 spiro atoms. The average molecular weight is 319 g/mol. The molecule has 17 heavy (non-hydrogen) atoms. The van der Waals surface area contributed by atoms with Gasteiger partial charge in [0.2, 0.25) is 5.91 Å². The minimum absolute atomic E-state index is 0.0677. The summed E-state index contributed by atoms with van der Waals surface area (Å²) in [4.78, 5) is 13.1. The number of carbonyl (C=O) groups is 1. The second-order valence-electron chi connectivity index (χ2n) is 4.36. The molecule has 1 rings (SSSR count). The summed E-state index contributed by atoms with van der Waals surface area (Å²) in [5.41, 5.74) is 5.60. The van der Waals surface area contributed by atoms with Crippen molar-refractivity contribution in [3.63, 3.8) is 0 Å². The van der Waals surface area contributed by atoms with Crippen molar-refractivity contribution in [1.29, 1.82) is 0 Å². The van der Waals surface area contributed by atoms with Crippen molar-refractivity contribution in [2.24, 2.45) is 17.6 Å². The molecule has 3 N–H and O–H groups in total. The van der Waals surface area contributed by atoms with Crippen molar-refractivity contribution >= 4 is 33.2 Å². The number of nitrogens with two attached hydrogens (primary N) is 1. The van der Waals surface area contributed by atoms with E-state index < -0.39 is 0 Å². The van der Waals surface area contributed by atoms with E-state index in [2.05, 4.69) is 27.3 Å². The molecule has 0 saturated heterocycles. The third kappa shape index (κ3) is 4.77. The van der Waals surface area contributed by atoms with Gasteiger partial charge in [-0.2, -0.15) is 0 Å². The predicted octanol–water partition coefficient (Wildman–Crippen LogP) is 2.40. The van der Waals surface area contributed by atoms with Gasteiger partial charge < -0.3 is 11.1 Å². The standard InChI is InChI=1S/C12H19BrN2OS/c1-8(2)11(6-14)12(16)15-4-3-10-5-9(13)7-17-10/h5,7-8,11H,3-4,6,14H2,1-2H3,(H,15,16). The fourth-order valence-electron chi connectivity index (χ4n) is 1.61. The zero-order chi connectivity index (χ0) is 12.8. The van der Waals surface area contributed by atoms with Crippen molar-refractivity contribution < 1.29 is 4.79 Å². The summed E-state index contributed by atoms with van der Waals surface area (Å²) in [6.45, 7) is 5.13. The van der Waals surface area contributed by atoms with E-state index in [0.717, 1.165) is 10.9 Å². The Hall–Kier alpha value is -0.390. The third-order valence-corrected chi connectivity index (χ3v) is 4.45. The lowest BCUT2D eigenvalue weighted by Crippen LogP contribution is -2.38. The summed E-state index contributed by atoms with van der Waals surface area (Å²) in [5.74, 6) is 0.277. The molecule has 96 valence electrons. The molecule has 0 fully saturated rings. The van der Waals surface area contributed by atoms with Gasteiger partial charge in [0.05, 0.1) is 5.92 Å². The van der Waals surface area contributed by atoms with Gasteiger partial charge in [0.15, 0.2) is 0 Å². The molecule has 0 bridgehead atoms. The lowest BCUT2D eigenvalue weighted by Gasteiger charge is -2.17. The highest BCUT2D eigenvalue weighted by molar-refractivity contribution is 9.10. The van der Waals surface area contributed by atoms with Gasteiger partial charge in [0, 0.05) is 27.8 Å². The van der Waals surface area contributed by atoms with E-state index >= 15 is 0 Å². The van der Waals surface area contributed by atoms with Gasteiger partial charge in [-0.15, -0.1) is 11.3 Å². The highest BCUT2D eigenvalue weighted by Gasteiger charge is 2.19. The highest BCUT2D eigenvalue weighted by atomic mass is 79.9. The molecule has 1 atom stereocenters. The van der Waals surface area contributed by atoms with Crippen molar-refractivity contribution in [2.75, 3.05) is 13.1 Å². The second-order valence-corrected chi connectivity index (χ2v) is 6.27. The summed E-state index contributed by atoms with van der Waals surface area (Å²) < 4.78 is 1.10. The quantitative estimate of drug-likeness (QED) is 0.846. The van der Waals surface area contributed by atoms with E-state index in [1.54, 1.807) is 11.3 Å². The summed E-state index contributed by atoms with van der Waals surface area (Å²) in [6.07, 6.45) is 0.872. The van der Waals surface area contributed by atoms with Crippen molar-refractivity contribution in [2.45, 2.75) is 20.3 Å². The average Bonchev–Trinajstić information content (AvgIpc) is 2.64. The number of nitrogens with one attached hydrogen (secondary N) is 1. The van der Waals surface area contributed by atoms with Gasteiger partial charge in [-0.1, -0.05) is 13.8 Å². The number of amides is 1. The number of hydrogen-bond acceptors (Lipinski definition) is 3. The molecule has 3 nitrogen and oxygen atoms in total. The van der Waals surface area contributed by atoms with Crippen LogP contribution in [0.4, 0.5) is 0 Å². The van der Waals surface area contributed by atoms with Crippen LogP contribution in [0.3, 0.4) is 0 Å². The first-order valence-corrected chi connectivity index (χ1v) is 7.42. The van der Waals surface area contributed by atoms with E-state index in [-0.39, 0.29) is 17.7 Å². The number of halogens is 1. The molecule has 1 unspecified atom stereocenters. The normalized spacial score (nSPS) is 12.8. The molecule has 0 aromatic carbocycles. The smallest absolute Gasteiger partial charge is 0.224 e. The van der Waals surface area contributed by atoms with Gasteiger partial charge in [0.25, 0.3) is 0 Å². The molecular weight excluding hydrogens is 300 g/mol. The Balaban J connectivity index is 2.33. The maximum absolute atomic E-state index is 11.8. The van der Waals surface area contributed by atoms with Crippen molar-refractivity contribution in [1.82, 2.24) is 5.32 Å². The Labute approximate surface area is 115 Å². The summed E-state index contributed by atoms with van der Waals surface area (Å²) in [7, 11) is 0. The maximum Gasteiger partial charge on any atom is 0.224 e. The topological polar surface area (TPSA) is 55.1 Å². The zero-order valence-corrected chi connectivity index (χ0v) is 12.6. The lowest BCUT2D eigenvalue weighted by atomic mass is 9.95. The molecule has 0 radical (unpaired) electrons. The fourth-order valence-corrected chi connectivity index (χ4v) is 3.06. The third-order valence-electron chi connectivity index (χ3n) is 2.69. The van der Waals surface area contributed by atoms with E-state index in [0.29, 0.717) is 13.1 Å². The summed E-state index contributed by atoms with van der Waals surface area (Å²) in [6, 6.07) is 2.08. The largest absolute Gasteiger partial charge is 0.355 e. The van der Waals surface area contributed by atoms with Gasteiger partial charge in [-0.3, -0.25) is 4.79 Å². The van der Waals surface area contributed by atoms with Crippen LogP contribution in [0.2, 0.25) is 0 Å². The van der Waals surface area contributed by atoms with Crippen LogP contribution in [0.15, 0.2) is 15.9 Å². The van der Waals surface area contributed by atoms with Gasteiger partial charge in [0.1, 0.15) is 0 Å². The first-order valence-electron chi connectivity index (χ1n) is 5.75. The van der Waals surface area contributed by atoms with Crippen LogP contribution >= 0.6 is 27.3 Å². The molecular formula is C12H19BrN2OS. The molecule has 1 heterocycles. The van der Waals surface area contributed by atoms with Gasteiger partial charge in [-0.25, -0.2) is 0 Å². The van der Waals surface area contributed by atoms with Gasteiger partial charge >= 0.3 is 0 Å². The summed E-state index contributed by atoms with van der Waals surface area (Å²) >= 11 is 5.11. The number of rotatable bonds is 6. The number of thiophene rings is 1. The summed E-state index contributed by atoms with van der Waals surface area (Å²) in [5, 5.41) is 4.99. The van der Waals surface area contributed by atoms with Crippen LogP contribution in [-0.2, 0) is 11.2 Å². The monoisotopic (exact) mass is 318 g/mol. The van der Waals surface area contributed by atoms with Gasteiger partial charge in [-0.05, 0) is 34.3 Å². The van der Waals surface area contributed by atoms with Crippen molar-refractivity contribution in [3.05, 3.63) is 20.8 Å². The van der Waals surface area contributed by atoms with Crippen LogP contribution in [0.5, 0.6) is 0 Å². The molecule has 1 aromatic rings. The van der Waals surface area contributed by atoms with Crippen LogP contribution in [-0.4, -0.2) is 19.0 Å². The Morgan fingerprint density at radius 2 is 2.29 bits per heavy atom. The lowest BCUT2D eigenvalue weighted by molar-refractivity contribution is -0.125. The van der Waals surface area contributed by atoms with E-state index in [4.69, 9.17) is 5.73 Å². The van der Waals surface area contributed by atoms with Crippen LogP contribution in [0.1, 0.15) is 18.7 Å². The molecule has 0 aliphatic heterocycles. The van der Waals surface area contributed by atoms with E-state index in [1.165, 1.54) is 4.88 Å². The first-order chi connectivity index (χ1) is 8.04. The Morgan fingerprint density at radius 1 is 1.59 bits per heavy atom. The number of hydrogen-bond donors (Lipinski definition) is 2. The minimum Gasteiger partial charge on any atom is -0.355 e. The SMILES string of the molecule is CC(C)C(CN)C(=O)NCCc1cc(Br)cs1. The van der Waals surface area contributed by atoms with Crippen LogP contribution in [0, 0.1) is 11.8 Å². The Morgan fingerprint density at radius 3 is 2.76 bits per heavy atom. The molecule has 0 aliphatic carbocycles. The van der Waals surface area contributed by atoms with Crippen LogP contribution < -0.4 is 11.1 Å². The van der Waals surface area contributed by atoms with E-state index in [9.17, 15) is 4.79 Å².